The van der Waals surface area contributed by atoms with E-state index in [9.17, 15) is 9.59 Å². The summed E-state index contributed by atoms with van der Waals surface area (Å²) in [4.78, 5) is 22.8. The molecule has 2 atom stereocenters. The Morgan fingerprint density at radius 1 is 1.48 bits per heavy atom. The Hall–Kier alpha value is -2.28. The fraction of sp³-hybridized carbons (Fsp3) is 0.429. The van der Waals surface area contributed by atoms with Gasteiger partial charge in [0.05, 0.1) is 18.8 Å². The van der Waals surface area contributed by atoms with Crippen LogP contribution in [0.5, 0.6) is 5.75 Å². The molecule has 0 bridgehead atoms. The summed E-state index contributed by atoms with van der Waals surface area (Å²) in [7, 11) is 1.52. The molecule has 7 heteroatoms. The highest BCUT2D eigenvalue weighted by molar-refractivity contribution is 5.99. The number of carboxylic acid groups (broad SMARTS) is 1. The quantitative estimate of drug-likeness (QED) is 0.687. The van der Waals surface area contributed by atoms with Gasteiger partial charge in [-0.05, 0) is 25.0 Å². The number of benzene rings is 1. The second-order valence-electron chi connectivity index (χ2n) is 4.83. The lowest BCUT2D eigenvalue weighted by atomic mass is 10.1. The number of carboxylic acids is 1. The van der Waals surface area contributed by atoms with Gasteiger partial charge in [-0.15, -0.1) is 0 Å². The van der Waals surface area contributed by atoms with E-state index in [1.54, 1.807) is 18.2 Å². The van der Waals surface area contributed by atoms with Gasteiger partial charge in [0.1, 0.15) is 5.75 Å². The molecule has 1 saturated heterocycles. The maximum absolute atomic E-state index is 12.0. The summed E-state index contributed by atoms with van der Waals surface area (Å²) >= 11 is 0. The number of aliphatic carboxylic acids is 1. The van der Waals surface area contributed by atoms with E-state index in [2.05, 4.69) is 5.32 Å². The molecule has 0 radical (unpaired) electrons. The Labute approximate surface area is 122 Å². The number of hydrogen-bond acceptors (Lipinski definition) is 5. The SMILES string of the molecule is COc1ccc(C(=O)NCC2CCC(C(=O)O)O2)c(N)c1. The summed E-state index contributed by atoms with van der Waals surface area (Å²) in [5.74, 6) is -0.715. The van der Waals surface area contributed by atoms with Crippen LogP contribution in [0.3, 0.4) is 0 Å². The molecule has 1 fully saturated rings. The zero-order valence-electron chi connectivity index (χ0n) is 11.7. The number of carbonyl (C=O) groups excluding carboxylic acids is 1. The standard InChI is InChI=1S/C14H18N2O5/c1-20-8-2-4-10(11(15)6-8)13(17)16-7-9-3-5-12(21-9)14(18)19/h2,4,6,9,12H,3,5,7,15H2,1H3,(H,16,17)(H,18,19). The lowest BCUT2D eigenvalue weighted by molar-refractivity contribution is -0.149. The van der Waals surface area contributed by atoms with Crippen LogP contribution < -0.4 is 15.8 Å². The van der Waals surface area contributed by atoms with Crippen molar-refractivity contribution in [3.63, 3.8) is 0 Å². The Balaban J connectivity index is 1.89. The number of rotatable bonds is 5. The average molecular weight is 294 g/mol. The molecule has 4 N–H and O–H groups in total. The first-order valence-electron chi connectivity index (χ1n) is 6.61. The molecule has 1 aliphatic heterocycles. The molecule has 0 aromatic heterocycles. The minimum absolute atomic E-state index is 0.258. The Bertz CT molecular complexity index is 546. The number of nitrogen functional groups attached to an aromatic ring is 1. The fourth-order valence-electron chi connectivity index (χ4n) is 2.21. The number of nitrogens with two attached hydrogens (primary N) is 1. The third-order valence-corrected chi connectivity index (χ3v) is 3.38. The van der Waals surface area contributed by atoms with Crippen LogP contribution in [0.25, 0.3) is 0 Å². The van der Waals surface area contributed by atoms with E-state index in [1.807, 2.05) is 0 Å². The molecule has 2 rings (SSSR count). The molecule has 0 aliphatic carbocycles. The van der Waals surface area contributed by atoms with Crippen LogP contribution >= 0.6 is 0 Å². The van der Waals surface area contributed by atoms with Crippen LogP contribution in [-0.2, 0) is 9.53 Å². The normalized spacial score (nSPS) is 21.0. The summed E-state index contributed by atoms with van der Waals surface area (Å²) in [6, 6.07) is 4.80. The van der Waals surface area contributed by atoms with Crippen molar-refractivity contribution in [2.24, 2.45) is 0 Å². The first-order chi connectivity index (χ1) is 10.0. The third kappa shape index (κ3) is 3.63. The summed E-state index contributed by atoms with van der Waals surface area (Å²) in [5, 5.41) is 11.5. The predicted molar refractivity (Wildman–Crippen MR) is 75.3 cm³/mol. The maximum atomic E-state index is 12.0. The van der Waals surface area contributed by atoms with Crippen LogP contribution in [0.1, 0.15) is 23.2 Å². The van der Waals surface area contributed by atoms with Gasteiger partial charge in [0.15, 0.2) is 6.10 Å². The van der Waals surface area contributed by atoms with Crippen molar-refractivity contribution >= 4 is 17.6 Å². The molecule has 1 aliphatic rings. The van der Waals surface area contributed by atoms with E-state index in [1.165, 1.54) is 7.11 Å². The summed E-state index contributed by atoms with van der Waals surface area (Å²) in [6.07, 6.45) is 0.00285. The monoisotopic (exact) mass is 294 g/mol. The zero-order chi connectivity index (χ0) is 15.4. The highest BCUT2D eigenvalue weighted by Gasteiger charge is 2.30. The second kappa shape index (κ2) is 6.45. The minimum atomic E-state index is -0.969. The number of ether oxygens (including phenoxy) is 2. The van der Waals surface area contributed by atoms with Gasteiger partial charge in [0, 0.05) is 18.3 Å². The van der Waals surface area contributed by atoms with Gasteiger partial charge in [0.25, 0.3) is 5.91 Å². The summed E-state index contributed by atoms with van der Waals surface area (Å²) < 4.78 is 10.3. The van der Waals surface area contributed by atoms with Crippen LogP contribution in [-0.4, -0.2) is 42.8 Å². The number of methoxy groups -OCH3 is 1. The Morgan fingerprint density at radius 2 is 2.24 bits per heavy atom. The van der Waals surface area contributed by atoms with Crippen LogP contribution in [0, 0.1) is 0 Å². The molecule has 21 heavy (non-hydrogen) atoms. The molecular formula is C14H18N2O5. The smallest absolute Gasteiger partial charge is 0.332 e. The van der Waals surface area contributed by atoms with E-state index in [0.717, 1.165) is 0 Å². The molecule has 0 spiro atoms. The van der Waals surface area contributed by atoms with Crippen molar-refractivity contribution in [2.45, 2.75) is 25.0 Å². The fourth-order valence-corrected chi connectivity index (χ4v) is 2.21. The van der Waals surface area contributed by atoms with Crippen molar-refractivity contribution < 1.29 is 24.2 Å². The van der Waals surface area contributed by atoms with Crippen molar-refractivity contribution in [1.82, 2.24) is 5.32 Å². The molecule has 1 heterocycles. The summed E-state index contributed by atoms with van der Waals surface area (Å²) in [5.41, 5.74) is 6.47. The van der Waals surface area contributed by atoms with Gasteiger partial charge in [-0.2, -0.15) is 0 Å². The lowest BCUT2D eigenvalue weighted by Gasteiger charge is -2.13. The second-order valence-corrected chi connectivity index (χ2v) is 4.83. The molecule has 2 unspecified atom stereocenters. The van der Waals surface area contributed by atoms with Crippen LogP contribution in [0.2, 0.25) is 0 Å². The van der Waals surface area contributed by atoms with Gasteiger partial charge in [-0.25, -0.2) is 4.79 Å². The minimum Gasteiger partial charge on any atom is -0.497 e. The molecule has 114 valence electrons. The van der Waals surface area contributed by atoms with Crippen LogP contribution in [0.4, 0.5) is 5.69 Å². The van der Waals surface area contributed by atoms with Crippen molar-refractivity contribution in [3.8, 4) is 5.75 Å². The molecule has 0 saturated carbocycles. The molecule has 1 aromatic rings. The Kier molecular flexibility index (Phi) is 4.64. The van der Waals surface area contributed by atoms with Crippen molar-refractivity contribution in [2.75, 3.05) is 19.4 Å². The van der Waals surface area contributed by atoms with Crippen LogP contribution in [0.15, 0.2) is 18.2 Å². The zero-order valence-corrected chi connectivity index (χ0v) is 11.7. The first kappa shape index (κ1) is 15.1. The van der Waals surface area contributed by atoms with Crippen molar-refractivity contribution in [1.29, 1.82) is 0 Å². The van der Waals surface area contributed by atoms with E-state index >= 15 is 0 Å². The molecular weight excluding hydrogens is 276 g/mol. The number of amides is 1. The van der Waals surface area contributed by atoms with E-state index in [-0.39, 0.29) is 18.6 Å². The van der Waals surface area contributed by atoms with Gasteiger partial charge in [0.2, 0.25) is 0 Å². The topological polar surface area (TPSA) is 111 Å². The summed E-state index contributed by atoms with van der Waals surface area (Å²) in [6.45, 7) is 0.258. The Morgan fingerprint density at radius 3 is 2.81 bits per heavy atom. The average Bonchev–Trinajstić information content (AvgIpc) is 2.93. The van der Waals surface area contributed by atoms with E-state index in [4.69, 9.17) is 20.3 Å². The first-order valence-corrected chi connectivity index (χ1v) is 6.61. The molecule has 1 amide bonds. The molecule has 7 nitrogen and oxygen atoms in total. The lowest BCUT2D eigenvalue weighted by Crippen LogP contribution is -2.33. The number of anilines is 1. The van der Waals surface area contributed by atoms with E-state index < -0.39 is 12.1 Å². The van der Waals surface area contributed by atoms with E-state index in [0.29, 0.717) is 29.8 Å². The predicted octanol–water partition coefficient (Wildman–Crippen LogP) is 0.639. The highest BCUT2D eigenvalue weighted by Crippen LogP contribution is 2.21. The van der Waals surface area contributed by atoms with Gasteiger partial charge >= 0.3 is 5.97 Å². The van der Waals surface area contributed by atoms with Gasteiger partial charge in [-0.1, -0.05) is 0 Å². The number of carbonyl (C=O) groups is 2. The number of nitrogens with one attached hydrogen (secondary N) is 1. The highest BCUT2D eigenvalue weighted by atomic mass is 16.5. The maximum Gasteiger partial charge on any atom is 0.332 e. The van der Waals surface area contributed by atoms with Gasteiger partial charge in [-0.3, -0.25) is 4.79 Å². The molecule has 1 aromatic carbocycles. The third-order valence-electron chi connectivity index (χ3n) is 3.38. The van der Waals surface area contributed by atoms with Gasteiger partial charge < -0.3 is 25.6 Å². The largest absolute Gasteiger partial charge is 0.497 e. The van der Waals surface area contributed by atoms with Crippen molar-refractivity contribution in [3.05, 3.63) is 23.8 Å². The number of hydrogen-bond donors (Lipinski definition) is 3.